The van der Waals surface area contributed by atoms with Crippen molar-refractivity contribution >= 4 is 0 Å². The topological polar surface area (TPSA) is 94.2 Å². The first kappa shape index (κ1) is 18.1. The zero-order valence-electron chi connectivity index (χ0n) is 14.0. The molecule has 0 bridgehead atoms. The number of unbranched alkanes of at least 4 members (excludes halogenated alkanes) is 4. The molecule has 2 saturated heterocycles. The van der Waals surface area contributed by atoms with Crippen LogP contribution in [0.15, 0.2) is 0 Å². The number of hydrogen-bond acceptors (Lipinski definition) is 6. The number of fused-ring (bicyclic) bond motifs is 1. The minimum absolute atomic E-state index is 0.388. The third-order valence-corrected chi connectivity index (χ3v) is 4.52. The van der Waals surface area contributed by atoms with Gasteiger partial charge in [-0.05, 0) is 20.3 Å². The highest BCUT2D eigenvalue weighted by Crippen LogP contribution is 2.48. The minimum Gasteiger partial charge on any atom is -0.394 e. The van der Waals surface area contributed by atoms with E-state index in [9.17, 15) is 5.11 Å². The smallest absolute Gasteiger partial charge is 0.200 e. The van der Waals surface area contributed by atoms with Gasteiger partial charge in [-0.3, -0.25) is 0 Å². The molecule has 0 amide bonds. The van der Waals surface area contributed by atoms with Crippen molar-refractivity contribution in [2.75, 3.05) is 6.61 Å². The third kappa shape index (κ3) is 3.63. The summed E-state index contributed by atoms with van der Waals surface area (Å²) in [6.45, 7) is 5.49. The molecule has 0 aromatic heterocycles. The summed E-state index contributed by atoms with van der Waals surface area (Å²) in [4.78, 5) is 0. The summed E-state index contributed by atoms with van der Waals surface area (Å²) in [5.74, 6) is -1.66. The number of aliphatic hydroxyl groups excluding tert-OH is 2. The van der Waals surface area contributed by atoms with Crippen LogP contribution in [0, 0.1) is 0 Å². The van der Waals surface area contributed by atoms with Gasteiger partial charge in [0.05, 0.1) is 12.6 Å². The highest BCUT2D eigenvalue weighted by atomic mass is 16.9. The first-order valence-corrected chi connectivity index (χ1v) is 8.45. The zero-order valence-corrected chi connectivity index (χ0v) is 14.0. The van der Waals surface area contributed by atoms with Crippen LogP contribution in [0.25, 0.3) is 0 Å². The van der Waals surface area contributed by atoms with E-state index in [4.69, 9.17) is 25.1 Å². The molecule has 5 atom stereocenters. The number of rotatable bonds is 8. The monoisotopic (exact) mass is 317 g/mol. The van der Waals surface area contributed by atoms with Gasteiger partial charge in [-0.1, -0.05) is 32.6 Å². The fraction of sp³-hybridized carbons (Fsp3) is 1.00. The van der Waals surface area contributed by atoms with Crippen molar-refractivity contribution in [2.45, 2.75) is 95.2 Å². The van der Waals surface area contributed by atoms with Gasteiger partial charge in [0.15, 0.2) is 11.6 Å². The molecule has 4 N–H and O–H groups in total. The maximum absolute atomic E-state index is 9.90. The van der Waals surface area contributed by atoms with E-state index in [0.717, 1.165) is 12.8 Å². The number of aliphatic hydroxyl groups is 2. The van der Waals surface area contributed by atoms with Crippen LogP contribution in [0.4, 0.5) is 0 Å². The van der Waals surface area contributed by atoms with Crippen molar-refractivity contribution in [3.63, 3.8) is 0 Å². The van der Waals surface area contributed by atoms with Crippen LogP contribution in [0.5, 0.6) is 0 Å². The predicted molar refractivity (Wildman–Crippen MR) is 82.1 cm³/mol. The molecule has 2 rings (SSSR count). The Hall–Kier alpha value is -0.240. The SMILES string of the molecule is CCCCCCC[C@]12O[C@H]([C@H](O)CO)[C@@H](N)[C@H]1OC(C)(C)O2. The van der Waals surface area contributed by atoms with E-state index in [1.165, 1.54) is 19.3 Å². The van der Waals surface area contributed by atoms with E-state index < -0.39 is 35.9 Å². The normalized spacial score (nSPS) is 38.2. The Labute approximate surface area is 132 Å². The van der Waals surface area contributed by atoms with Crippen molar-refractivity contribution in [3.8, 4) is 0 Å². The van der Waals surface area contributed by atoms with E-state index >= 15 is 0 Å². The molecular weight excluding hydrogens is 286 g/mol. The van der Waals surface area contributed by atoms with E-state index in [1.807, 2.05) is 13.8 Å². The van der Waals surface area contributed by atoms with E-state index in [-0.39, 0.29) is 6.61 Å². The second-order valence-corrected chi connectivity index (χ2v) is 6.93. The molecule has 0 aromatic rings. The summed E-state index contributed by atoms with van der Waals surface area (Å²) in [6.07, 6.45) is 4.28. The average molecular weight is 317 g/mol. The molecular formula is C16H31NO5. The highest BCUT2D eigenvalue weighted by molar-refractivity contribution is 5.06. The van der Waals surface area contributed by atoms with Crippen molar-refractivity contribution in [2.24, 2.45) is 5.73 Å². The predicted octanol–water partition coefficient (Wildman–Crippen LogP) is 1.27. The van der Waals surface area contributed by atoms with Gasteiger partial charge in [0, 0.05) is 6.42 Å². The molecule has 0 saturated carbocycles. The van der Waals surface area contributed by atoms with Crippen LogP contribution in [-0.4, -0.2) is 52.7 Å². The Bertz CT molecular complexity index is 364. The summed E-state index contributed by atoms with van der Waals surface area (Å²) in [6, 6.07) is -0.514. The van der Waals surface area contributed by atoms with Crippen molar-refractivity contribution in [1.82, 2.24) is 0 Å². The summed E-state index contributed by atoms with van der Waals surface area (Å²) < 4.78 is 18.0. The molecule has 6 heteroatoms. The van der Waals surface area contributed by atoms with Gasteiger partial charge in [-0.15, -0.1) is 0 Å². The number of ether oxygens (including phenoxy) is 3. The van der Waals surface area contributed by atoms with Crippen LogP contribution in [0.2, 0.25) is 0 Å². The molecule has 0 spiro atoms. The van der Waals surface area contributed by atoms with E-state index in [0.29, 0.717) is 6.42 Å². The fourth-order valence-corrected chi connectivity index (χ4v) is 3.50. The van der Waals surface area contributed by atoms with Crippen LogP contribution in [-0.2, 0) is 14.2 Å². The summed E-state index contributed by atoms with van der Waals surface area (Å²) in [5, 5.41) is 19.1. The number of hydrogen-bond donors (Lipinski definition) is 3. The maximum atomic E-state index is 9.90. The summed E-state index contributed by atoms with van der Waals surface area (Å²) in [7, 11) is 0. The largest absolute Gasteiger partial charge is 0.394 e. The molecule has 0 aromatic carbocycles. The summed E-state index contributed by atoms with van der Waals surface area (Å²) in [5.41, 5.74) is 6.20. The average Bonchev–Trinajstić information content (AvgIpc) is 2.87. The lowest BCUT2D eigenvalue weighted by atomic mass is 9.96. The minimum atomic E-state index is -1.02. The first-order valence-electron chi connectivity index (χ1n) is 8.45. The van der Waals surface area contributed by atoms with Gasteiger partial charge in [-0.25, -0.2) is 0 Å². The zero-order chi connectivity index (χ0) is 16.4. The van der Waals surface area contributed by atoms with Crippen LogP contribution < -0.4 is 5.73 Å². The lowest BCUT2D eigenvalue weighted by Gasteiger charge is -2.30. The number of nitrogens with two attached hydrogens (primary N) is 1. The molecule has 2 heterocycles. The lowest BCUT2D eigenvalue weighted by molar-refractivity contribution is -0.272. The Balaban J connectivity index is 2.03. The maximum Gasteiger partial charge on any atom is 0.200 e. The molecule has 0 unspecified atom stereocenters. The molecule has 6 nitrogen and oxygen atoms in total. The molecule has 0 aliphatic carbocycles. The van der Waals surface area contributed by atoms with Crippen molar-refractivity contribution in [3.05, 3.63) is 0 Å². The van der Waals surface area contributed by atoms with Gasteiger partial charge in [-0.2, -0.15) is 0 Å². The standard InChI is InChI=1S/C16H31NO5/c1-4-5-6-7-8-9-16-14(21-15(2,3)22-16)12(17)13(20-16)11(19)10-18/h11-14,18-19H,4-10,17H2,1-3H3/t11-,12-,13-,14-,16-/m1/s1. The lowest BCUT2D eigenvalue weighted by Crippen LogP contribution is -2.48. The Morgan fingerprint density at radius 1 is 1.14 bits per heavy atom. The molecule has 0 radical (unpaired) electrons. The second-order valence-electron chi connectivity index (χ2n) is 6.93. The quantitative estimate of drug-likeness (QED) is 0.584. The van der Waals surface area contributed by atoms with Crippen LogP contribution in [0.1, 0.15) is 59.3 Å². The Morgan fingerprint density at radius 2 is 1.82 bits per heavy atom. The van der Waals surface area contributed by atoms with Gasteiger partial charge in [0.2, 0.25) is 0 Å². The molecule has 130 valence electrons. The summed E-state index contributed by atoms with van der Waals surface area (Å²) >= 11 is 0. The van der Waals surface area contributed by atoms with Gasteiger partial charge < -0.3 is 30.2 Å². The van der Waals surface area contributed by atoms with Crippen LogP contribution >= 0.6 is 0 Å². The first-order chi connectivity index (χ1) is 10.4. The van der Waals surface area contributed by atoms with Crippen molar-refractivity contribution in [1.29, 1.82) is 0 Å². The second kappa shape index (κ2) is 7.11. The fourth-order valence-electron chi connectivity index (χ4n) is 3.50. The Kier molecular flexibility index (Phi) is 5.85. The van der Waals surface area contributed by atoms with E-state index in [1.54, 1.807) is 0 Å². The molecule has 2 aliphatic heterocycles. The van der Waals surface area contributed by atoms with Gasteiger partial charge >= 0.3 is 0 Å². The molecule has 22 heavy (non-hydrogen) atoms. The van der Waals surface area contributed by atoms with Crippen LogP contribution in [0.3, 0.4) is 0 Å². The Morgan fingerprint density at radius 3 is 2.45 bits per heavy atom. The van der Waals surface area contributed by atoms with E-state index in [2.05, 4.69) is 6.92 Å². The molecule has 2 fully saturated rings. The van der Waals surface area contributed by atoms with Gasteiger partial charge in [0.1, 0.15) is 18.3 Å². The molecule has 2 aliphatic rings. The third-order valence-electron chi connectivity index (χ3n) is 4.52. The van der Waals surface area contributed by atoms with Crippen molar-refractivity contribution < 1.29 is 24.4 Å². The highest BCUT2D eigenvalue weighted by Gasteiger charge is 2.64. The van der Waals surface area contributed by atoms with Gasteiger partial charge in [0.25, 0.3) is 0 Å².